The molecule has 4 fully saturated rings. The molecule has 366 valence electrons. The molecular weight excluding hydrogens is 947 g/mol. The minimum absolute atomic E-state index is 0.00182. The molecule has 5 aromatic rings. The van der Waals surface area contributed by atoms with Crippen LogP contribution in [0.4, 0.5) is 18.9 Å². The molecule has 4 saturated heterocycles. The van der Waals surface area contributed by atoms with Crippen molar-refractivity contribution in [3.63, 3.8) is 0 Å². The highest BCUT2D eigenvalue weighted by molar-refractivity contribution is 7.92. The van der Waals surface area contributed by atoms with Crippen molar-refractivity contribution in [3.8, 4) is 17.1 Å². The van der Waals surface area contributed by atoms with Crippen molar-refractivity contribution in [2.75, 3.05) is 95.4 Å². The molecule has 0 radical (unpaired) electrons. The zero-order chi connectivity index (χ0) is 49.0. The normalized spacial score (nSPS) is 21.0. The van der Waals surface area contributed by atoms with Gasteiger partial charge in [0.2, 0.25) is 5.91 Å². The second-order valence-electron chi connectivity index (χ2n) is 18.3. The maximum absolute atomic E-state index is 14.5. The molecule has 4 aliphatic heterocycles. The second-order valence-corrected chi connectivity index (χ2v) is 21.1. The molecule has 0 unspecified atom stereocenters. The fourth-order valence-electron chi connectivity index (χ4n) is 9.71. The Bertz CT molecular complexity index is 2960. The summed E-state index contributed by atoms with van der Waals surface area (Å²) in [5.74, 6) is -2.20. The van der Waals surface area contributed by atoms with Crippen LogP contribution >= 0.6 is 11.6 Å². The van der Waals surface area contributed by atoms with Crippen LogP contribution in [0, 0.1) is 16.6 Å². The number of nitrogens with zero attached hydrogens (tertiary/aromatic N) is 9. The zero-order valence-corrected chi connectivity index (χ0v) is 39.0. The number of carboxylic acids is 1. The van der Waals surface area contributed by atoms with E-state index in [2.05, 4.69) is 30.7 Å². The van der Waals surface area contributed by atoms with Crippen LogP contribution in [-0.2, 0) is 32.5 Å². The first-order valence-corrected chi connectivity index (χ1v) is 24.7. The molecule has 0 spiro atoms. The van der Waals surface area contributed by atoms with Crippen molar-refractivity contribution in [1.29, 1.82) is 4.78 Å². The lowest BCUT2D eigenvalue weighted by atomic mass is 9.90. The molecule has 4 aromatic heterocycles. The minimum Gasteiger partial charge on any atom is -0.477 e. The number of alkyl halides is 3. The molecule has 9 rings (SSSR count). The van der Waals surface area contributed by atoms with E-state index in [4.69, 9.17) is 16.4 Å². The number of carboxylic acid groups (broad SMARTS) is 1. The Kier molecular flexibility index (Phi) is 12.8. The summed E-state index contributed by atoms with van der Waals surface area (Å²) in [4.78, 5) is 81.8. The average molecular weight is 997 g/mol. The van der Waals surface area contributed by atoms with Gasteiger partial charge < -0.3 is 44.5 Å². The number of fused-ring (bicyclic) bond motifs is 1. The van der Waals surface area contributed by atoms with Gasteiger partial charge >= 0.3 is 12.1 Å². The van der Waals surface area contributed by atoms with E-state index in [9.17, 15) is 46.5 Å². The third-order valence-corrected chi connectivity index (χ3v) is 15.6. The van der Waals surface area contributed by atoms with Crippen LogP contribution in [0.3, 0.4) is 0 Å². The average Bonchev–Trinajstić information content (AvgIpc) is 4.04. The van der Waals surface area contributed by atoms with Gasteiger partial charge in [-0.3, -0.25) is 24.0 Å². The molecule has 69 heavy (non-hydrogen) atoms. The topological polar surface area (TPSA) is 245 Å². The molecular formula is C44H50ClF3N13O7S+. The number of hydrogen-bond acceptors (Lipinski definition) is 11. The number of carbonyl (C=O) groups is 5. The van der Waals surface area contributed by atoms with Crippen molar-refractivity contribution in [2.24, 2.45) is 18.9 Å². The number of likely N-dealkylation sites (tertiary alicyclic amines) is 1. The summed E-state index contributed by atoms with van der Waals surface area (Å²) in [7, 11) is -1.35. The molecule has 0 saturated carbocycles. The molecule has 5 N–H and O–H groups in total. The highest BCUT2D eigenvalue weighted by Crippen LogP contribution is 2.37. The van der Waals surface area contributed by atoms with Crippen LogP contribution in [0.1, 0.15) is 50.0 Å². The Morgan fingerprint density at radius 2 is 1.62 bits per heavy atom. The van der Waals surface area contributed by atoms with Gasteiger partial charge in [0.25, 0.3) is 17.7 Å². The van der Waals surface area contributed by atoms with Gasteiger partial charge in [-0.2, -0.15) is 18.3 Å². The maximum atomic E-state index is 14.5. The summed E-state index contributed by atoms with van der Waals surface area (Å²) in [6.45, 7) is 5.40. The summed E-state index contributed by atoms with van der Waals surface area (Å²) < 4.78 is 66.0. The number of hydrogen-bond donors (Lipinski definition) is 5. The Hall–Kier alpha value is -6.37. The first-order valence-electron chi connectivity index (χ1n) is 22.4. The summed E-state index contributed by atoms with van der Waals surface area (Å²) in [5, 5.41) is 19.9. The van der Waals surface area contributed by atoms with Crippen LogP contribution in [0.5, 0.6) is 0 Å². The first-order chi connectivity index (χ1) is 32.8. The number of anilines is 1. The Balaban J connectivity index is 0.825. The number of halogens is 4. The number of rotatable bonds is 11. The van der Waals surface area contributed by atoms with E-state index in [1.807, 2.05) is 0 Å². The number of carbonyl (C=O) groups excluding carboxylic acids is 4. The summed E-state index contributed by atoms with van der Waals surface area (Å²) >= 11 is 6.59. The Morgan fingerprint density at radius 3 is 2.26 bits per heavy atom. The number of quaternary nitrogens is 1. The van der Waals surface area contributed by atoms with Crippen molar-refractivity contribution >= 4 is 67.5 Å². The number of benzene rings is 1. The minimum atomic E-state index is -4.93. The number of piperazine rings is 1. The molecule has 20 nitrogen and oxygen atoms in total. The smallest absolute Gasteiger partial charge is 0.435 e. The van der Waals surface area contributed by atoms with E-state index in [0.29, 0.717) is 60.3 Å². The third-order valence-electron chi connectivity index (χ3n) is 13.6. The van der Waals surface area contributed by atoms with Gasteiger partial charge in [-0.05, 0) is 24.3 Å². The molecule has 25 heteroatoms. The number of H-pyrrole nitrogens is 1. The fourth-order valence-corrected chi connectivity index (χ4v) is 11.2. The number of pyridine rings is 1. The highest BCUT2D eigenvalue weighted by Gasteiger charge is 2.43. The third kappa shape index (κ3) is 9.92. The monoisotopic (exact) mass is 996 g/mol. The first kappa shape index (κ1) is 47.7. The second kappa shape index (κ2) is 18.5. The Morgan fingerprint density at radius 1 is 0.942 bits per heavy atom. The van der Waals surface area contributed by atoms with Gasteiger partial charge in [0.15, 0.2) is 23.9 Å². The van der Waals surface area contributed by atoms with E-state index in [1.54, 1.807) is 15.9 Å². The molecule has 0 atom stereocenters. The van der Waals surface area contributed by atoms with Gasteiger partial charge in [-0.25, -0.2) is 23.7 Å². The van der Waals surface area contributed by atoms with Crippen molar-refractivity contribution in [2.45, 2.75) is 19.0 Å². The lowest BCUT2D eigenvalue weighted by molar-refractivity contribution is -0.929. The number of aliphatic carboxylic acids is 1. The van der Waals surface area contributed by atoms with Crippen LogP contribution in [0.25, 0.3) is 28.0 Å². The van der Waals surface area contributed by atoms with Gasteiger partial charge in [0.1, 0.15) is 5.69 Å². The summed E-state index contributed by atoms with van der Waals surface area (Å²) in [5.41, 5.74) is -0.777. The maximum Gasteiger partial charge on any atom is 0.435 e. The van der Waals surface area contributed by atoms with Gasteiger partial charge in [0, 0.05) is 135 Å². The van der Waals surface area contributed by atoms with E-state index in [1.165, 1.54) is 47.0 Å². The number of piperidine rings is 1. The SMILES string of the molecule is Cn1c(-c2cn(-c3cc4[nH]c(C(=O)N5CCS(=N)(=O)CC5)cc4cn3)nc2C(F)(F)F)cnc1C(=O)Nc1ccc(C(=O)N2CCN(C(=O)C3CC[N+](CC(=O)O)(CC4CNC4)CC3)CC2)c(Cl)c1. The molecule has 4 aliphatic rings. The fraction of sp³-hybridized carbons (Fsp3) is 0.455. The van der Waals surface area contributed by atoms with Gasteiger partial charge in [0.05, 0.1) is 53.2 Å². The van der Waals surface area contributed by atoms with Crippen LogP contribution < -0.4 is 10.6 Å². The van der Waals surface area contributed by atoms with Gasteiger partial charge in [-0.15, -0.1) is 0 Å². The number of nitrogens with one attached hydrogen (secondary N) is 4. The zero-order valence-electron chi connectivity index (χ0n) is 37.4. The number of amides is 4. The molecule has 4 amide bonds. The van der Waals surface area contributed by atoms with E-state index < -0.39 is 39.0 Å². The quantitative estimate of drug-likeness (QED) is 0.120. The standard InChI is InChI=1S/C44H49ClF3N13O7S/c1-56-35(31-23-60(55-38(31)44(46,47)48)36-18-33-28(21-51-36)16-34(54-33)43(67)59-10-14-69(49,68)15-11-59)22-52-39(56)40(64)53-29-2-3-30(32(45)17-29)42(66)58-8-6-57(7-9-58)41(65)27-4-12-61(13-5-27,25-37(62)63)24-26-19-50-20-26/h2-3,16-18,21-23,26-27,49-50H,4-15,19-20,24-25H2,1H3,(H2-,51,53,54,62,63,64,66,67)/p+1. The van der Waals surface area contributed by atoms with Crippen molar-refractivity contribution < 1.29 is 50.9 Å². The predicted molar refractivity (Wildman–Crippen MR) is 245 cm³/mol. The lowest BCUT2D eigenvalue weighted by Crippen LogP contribution is -2.62. The summed E-state index contributed by atoms with van der Waals surface area (Å²) in [6.07, 6.45) is -0.0970. The summed E-state index contributed by atoms with van der Waals surface area (Å²) in [6, 6.07) is 7.30. The molecule has 8 heterocycles. The van der Waals surface area contributed by atoms with E-state index in [-0.39, 0.29) is 107 Å². The number of imidazole rings is 1. The van der Waals surface area contributed by atoms with Crippen LogP contribution in [0.15, 0.2) is 48.9 Å². The largest absolute Gasteiger partial charge is 0.477 e. The molecule has 0 aliphatic carbocycles. The van der Waals surface area contributed by atoms with E-state index in [0.717, 1.165) is 36.7 Å². The van der Waals surface area contributed by atoms with Crippen LogP contribution in [-0.4, -0.2) is 177 Å². The number of aromatic amines is 1. The highest BCUT2D eigenvalue weighted by atomic mass is 35.5. The van der Waals surface area contributed by atoms with Crippen LogP contribution in [0.2, 0.25) is 5.02 Å². The predicted octanol–water partition coefficient (Wildman–Crippen LogP) is 3.39. The van der Waals surface area contributed by atoms with E-state index >= 15 is 0 Å². The lowest BCUT2D eigenvalue weighted by Gasteiger charge is -2.46. The van der Waals surface area contributed by atoms with Crippen molar-refractivity contribution in [3.05, 3.63) is 76.7 Å². The van der Waals surface area contributed by atoms with Crippen molar-refractivity contribution in [1.82, 2.24) is 49.3 Å². The number of aromatic nitrogens is 6. The molecule has 0 bridgehead atoms. The Labute approximate surface area is 398 Å². The van der Waals surface area contributed by atoms with Gasteiger partial charge in [-0.1, -0.05) is 11.6 Å². The molecule has 1 aromatic carbocycles.